The molecule has 0 radical (unpaired) electrons. The van der Waals surface area contributed by atoms with Gasteiger partial charge in [-0.2, -0.15) is 0 Å². The third kappa shape index (κ3) is 2.33. The van der Waals surface area contributed by atoms with E-state index in [1.807, 2.05) is 25.7 Å². The zero-order chi connectivity index (χ0) is 11.9. The highest BCUT2D eigenvalue weighted by atomic mass is 16.6. The molecule has 0 aliphatic carbocycles. The maximum absolute atomic E-state index is 12.1. The van der Waals surface area contributed by atoms with E-state index in [4.69, 9.17) is 4.74 Å². The molecule has 0 unspecified atom stereocenters. The van der Waals surface area contributed by atoms with Crippen LogP contribution in [0.5, 0.6) is 0 Å². The van der Waals surface area contributed by atoms with Gasteiger partial charge in [-0.1, -0.05) is 6.92 Å². The second-order valence-electron chi connectivity index (χ2n) is 6.35. The molecule has 16 heavy (non-hydrogen) atoms. The Morgan fingerprint density at radius 1 is 1.19 bits per heavy atom. The van der Waals surface area contributed by atoms with E-state index < -0.39 is 0 Å². The number of hydrogen-bond donors (Lipinski definition) is 0. The summed E-state index contributed by atoms with van der Waals surface area (Å²) in [5, 5.41) is 0. The SMILES string of the molecule is C[C@@H]1C[C@H]2CC[C@@H](C1)N2C(=O)OC(C)(C)C. The minimum absolute atomic E-state index is 0.105. The van der Waals surface area contributed by atoms with Crippen LogP contribution >= 0.6 is 0 Å². The molecule has 2 bridgehead atoms. The van der Waals surface area contributed by atoms with E-state index in [9.17, 15) is 4.79 Å². The van der Waals surface area contributed by atoms with Crippen molar-refractivity contribution in [3.05, 3.63) is 0 Å². The van der Waals surface area contributed by atoms with Gasteiger partial charge in [0.1, 0.15) is 5.60 Å². The number of amides is 1. The Morgan fingerprint density at radius 3 is 2.12 bits per heavy atom. The highest BCUT2D eigenvalue weighted by Crippen LogP contribution is 2.39. The van der Waals surface area contributed by atoms with E-state index in [0.29, 0.717) is 12.1 Å². The number of fused-ring (bicyclic) bond motifs is 2. The van der Waals surface area contributed by atoms with Gasteiger partial charge < -0.3 is 9.64 Å². The number of nitrogens with zero attached hydrogens (tertiary/aromatic N) is 1. The summed E-state index contributed by atoms with van der Waals surface area (Å²) in [6.07, 6.45) is 4.51. The molecule has 3 heteroatoms. The number of carbonyl (C=O) groups excluding carboxylic acids is 1. The first kappa shape index (κ1) is 11.7. The van der Waals surface area contributed by atoms with E-state index in [1.165, 1.54) is 0 Å². The molecule has 2 heterocycles. The third-order valence-electron chi connectivity index (χ3n) is 3.57. The van der Waals surface area contributed by atoms with Gasteiger partial charge in [-0.25, -0.2) is 4.79 Å². The molecule has 2 aliphatic heterocycles. The average Bonchev–Trinajstić information content (AvgIpc) is 2.36. The maximum atomic E-state index is 12.1. The van der Waals surface area contributed by atoms with Crippen molar-refractivity contribution in [1.29, 1.82) is 0 Å². The van der Waals surface area contributed by atoms with E-state index in [2.05, 4.69) is 6.92 Å². The molecule has 0 spiro atoms. The van der Waals surface area contributed by atoms with Gasteiger partial charge in [0.05, 0.1) is 0 Å². The quantitative estimate of drug-likeness (QED) is 0.633. The number of piperidine rings is 1. The minimum atomic E-state index is -0.375. The molecule has 3 nitrogen and oxygen atoms in total. The first-order valence-corrected chi connectivity index (χ1v) is 6.38. The summed E-state index contributed by atoms with van der Waals surface area (Å²) in [6, 6.07) is 0.868. The van der Waals surface area contributed by atoms with E-state index >= 15 is 0 Å². The highest BCUT2D eigenvalue weighted by Gasteiger charge is 2.43. The Balaban J connectivity index is 2.03. The molecule has 0 saturated carbocycles. The molecule has 2 aliphatic rings. The van der Waals surface area contributed by atoms with E-state index in [0.717, 1.165) is 31.6 Å². The number of carbonyl (C=O) groups is 1. The van der Waals surface area contributed by atoms with Crippen molar-refractivity contribution in [1.82, 2.24) is 4.90 Å². The molecule has 0 aromatic rings. The fourth-order valence-corrected chi connectivity index (χ4v) is 3.06. The third-order valence-corrected chi connectivity index (χ3v) is 3.57. The molecule has 0 aromatic heterocycles. The van der Waals surface area contributed by atoms with Crippen LogP contribution in [0, 0.1) is 5.92 Å². The van der Waals surface area contributed by atoms with Crippen molar-refractivity contribution in [3.8, 4) is 0 Å². The molecule has 2 rings (SSSR count). The molecular weight excluding hydrogens is 202 g/mol. The molecule has 0 aromatic carbocycles. The Morgan fingerprint density at radius 2 is 1.69 bits per heavy atom. The first-order chi connectivity index (χ1) is 7.37. The van der Waals surface area contributed by atoms with E-state index in [1.54, 1.807) is 0 Å². The van der Waals surface area contributed by atoms with Crippen molar-refractivity contribution in [2.24, 2.45) is 5.92 Å². The lowest BCUT2D eigenvalue weighted by Gasteiger charge is -2.38. The zero-order valence-electron chi connectivity index (χ0n) is 10.8. The highest BCUT2D eigenvalue weighted by molar-refractivity contribution is 5.69. The largest absolute Gasteiger partial charge is 0.444 e. The van der Waals surface area contributed by atoms with Crippen LogP contribution in [-0.2, 0) is 4.74 Å². The van der Waals surface area contributed by atoms with Gasteiger partial charge in [-0.15, -0.1) is 0 Å². The van der Waals surface area contributed by atoms with Crippen LogP contribution in [0.4, 0.5) is 4.79 Å². The number of ether oxygens (including phenoxy) is 1. The zero-order valence-corrected chi connectivity index (χ0v) is 10.8. The maximum Gasteiger partial charge on any atom is 0.410 e. The van der Waals surface area contributed by atoms with Gasteiger partial charge in [0.25, 0.3) is 0 Å². The summed E-state index contributed by atoms with van der Waals surface area (Å²) in [6.45, 7) is 8.08. The standard InChI is InChI=1S/C13H23NO2/c1-9-7-10-5-6-11(8-9)14(10)12(15)16-13(2,3)4/h9-11H,5-8H2,1-4H3/t9-,10-,11+. The minimum Gasteiger partial charge on any atom is -0.444 e. The van der Waals surface area contributed by atoms with E-state index in [-0.39, 0.29) is 11.7 Å². The summed E-state index contributed by atoms with van der Waals surface area (Å²) in [7, 11) is 0. The molecule has 1 amide bonds. The van der Waals surface area contributed by atoms with Gasteiger partial charge >= 0.3 is 6.09 Å². The van der Waals surface area contributed by atoms with Crippen LogP contribution < -0.4 is 0 Å². The molecule has 2 fully saturated rings. The number of rotatable bonds is 0. The van der Waals surface area contributed by atoms with Crippen LogP contribution in [0.1, 0.15) is 53.4 Å². The summed E-state index contributed by atoms with van der Waals surface area (Å²) in [4.78, 5) is 14.1. The van der Waals surface area contributed by atoms with Crippen LogP contribution in [0.15, 0.2) is 0 Å². The second-order valence-corrected chi connectivity index (χ2v) is 6.35. The Labute approximate surface area is 98.1 Å². The summed E-state index contributed by atoms with van der Waals surface area (Å²) in [5.41, 5.74) is -0.375. The molecule has 92 valence electrons. The second kappa shape index (κ2) is 3.94. The molecular formula is C13H23NO2. The lowest BCUT2D eigenvalue weighted by molar-refractivity contribution is 0.00317. The first-order valence-electron chi connectivity index (χ1n) is 6.38. The molecule has 2 saturated heterocycles. The molecule has 3 atom stereocenters. The van der Waals surface area contributed by atoms with Gasteiger partial charge in [0, 0.05) is 12.1 Å². The fourth-order valence-electron chi connectivity index (χ4n) is 3.06. The van der Waals surface area contributed by atoms with Crippen molar-refractivity contribution in [3.63, 3.8) is 0 Å². The Bertz CT molecular complexity index is 268. The lowest BCUT2D eigenvalue weighted by Crippen LogP contribution is -2.48. The number of hydrogen-bond acceptors (Lipinski definition) is 2. The predicted octanol–water partition coefficient (Wildman–Crippen LogP) is 3.18. The van der Waals surface area contributed by atoms with Crippen LogP contribution in [-0.4, -0.2) is 28.7 Å². The average molecular weight is 225 g/mol. The van der Waals surface area contributed by atoms with Crippen molar-refractivity contribution >= 4 is 6.09 Å². The van der Waals surface area contributed by atoms with Gasteiger partial charge in [0.15, 0.2) is 0 Å². The monoisotopic (exact) mass is 225 g/mol. The van der Waals surface area contributed by atoms with Crippen LogP contribution in [0.25, 0.3) is 0 Å². The molecule has 0 N–H and O–H groups in total. The smallest absolute Gasteiger partial charge is 0.410 e. The fraction of sp³-hybridized carbons (Fsp3) is 0.923. The normalized spacial score (nSPS) is 34.0. The summed E-state index contributed by atoms with van der Waals surface area (Å²) < 4.78 is 5.48. The van der Waals surface area contributed by atoms with Crippen molar-refractivity contribution in [2.75, 3.05) is 0 Å². The van der Waals surface area contributed by atoms with Crippen molar-refractivity contribution < 1.29 is 9.53 Å². The van der Waals surface area contributed by atoms with Gasteiger partial charge in [0.2, 0.25) is 0 Å². The van der Waals surface area contributed by atoms with Crippen LogP contribution in [0.3, 0.4) is 0 Å². The Kier molecular flexibility index (Phi) is 2.89. The topological polar surface area (TPSA) is 29.5 Å². The predicted molar refractivity (Wildman–Crippen MR) is 63.3 cm³/mol. The lowest BCUT2D eigenvalue weighted by atomic mass is 9.93. The van der Waals surface area contributed by atoms with Gasteiger partial charge in [-0.3, -0.25) is 0 Å². The van der Waals surface area contributed by atoms with Crippen LogP contribution in [0.2, 0.25) is 0 Å². The Hall–Kier alpha value is -0.730. The summed E-state index contributed by atoms with van der Waals surface area (Å²) >= 11 is 0. The summed E-state index contributed by atoms with van der Waals surface area (Å²) in [5.74, 6) is 0.760. The van der Waals surface area contributed by atoms with Crippen molar-refractivity contribution in [2.45, 2.75) is 71.1 Å². The van der Waals surface area contributed by atoms with Gasteiger partial charge in [-0.05, 0) is 52.4 Å².